The van der Waals surface area contributed by atoms with Gasteiger partial charge in [-0.05, 0) is 48.7 Å². The molecule has 1 aromatic heterocycles. The van der Waals surface area contributed by atoms with E-state index in [-0.39, 0.29) is 17.5 Å². The molecule has 0 spiro atoms. The van der Waals surface area contributed by atoms with E-state index in [4.69, 9.17) is 11.6 Å². The Kier molecular flexibility index (Phi) is 5.92. The van der Waals surface area contributed by atoms with E-state index < -0.39 is 0 Å². The first-order chi connectivity index (χ1) is 12.5. The molecular weight excluding hydrogens is 390 g/mol. The number of nitrogens with one attached hydrogen (secondary N) is 2. The van der Waals surface area contributed by atoms with Crippen LogP contribution in [-0.4, -0.2) is 23.1 Å². The number of thiazole rings is 1. The Hall–Kier alpha value is -2.35. The zero-order chi connectivity index (χ0) is 18.5. The summed E-state index contributed by atoms with van der Waals surface area (Å²) in [7, 11) is 0. The number of halogens is 1. The minimum absolute atomic E-state index is 0.246. The summed E-state index contributed by atoms with van der Waals surface area (Å²) >= 11 is 8.60. The lowest BCUT2D eigenvalue weighted by Gasteiger charge is -2.04. The summed E-state index contributed by atoms with van der Waals surface area (Å²) in [6.45, 7) is 0. The number of nitrogens with zero attached hydrogens (tertiary/aromatic N) is 1. The molecule has 2 aromatic carbocycles. The SMILES string of the molecule is CSc1cccc(NC(=O)c2csc(NC(=O)c3ccc(Cl)cc3)n2)c1. The minimum Gasteiger partial charge on any atom is -0.321 e. The topological polar surface area (TPSA) is 71.1 Å². The van der Waals surface area contributed by atoms with E-state index in [1.165, 1.54) is 11.3 Å². The van der Waals surface area contributed by atoms with Crippen molar-refractivity contribution in [3.63, 3.8) is 0 Å². The fraction of sp³-hybridized carbons (Fsp3) is 0.0556. The third-order valence-electron chi connectivity index (χ3n) is 3.39. The Labute approximate surface area is 163 Å². The molecule has 0 saturated carbocycles. The van der Waals surface area contributed by atoms with Crippen LogP contribution in [0.15, 0.2) is 58.8 Å². The molecule has 0 aliphatic carbocycles. The molecular formula is C18H14ClN3O2S2. The van der Waals surface area contributed by atoms with E-state index in [1.54, 1.807) is 41.4 Å². The van der Waals surface area contributed by atoms with Gasteiger partial charge in [0.25, 0.3) is 11.8 Å². The van der Waals surface area contributed by atoms with E-state index in [0.717, 1.165) is 4.90 Å². The molecule has 132 valence electrons. The average molecular weight is 404 g/mol. The minimum atomic E-state index is -0.327. The fourth-order valence-electron chi connectivity index (χ4n) is 2.10. The second-order valence-electron chi connectivity index (χ2n) is 5.18. The Bertz CT molecular complexity index is 942. The highest BCUT2D eigenvalue weighted by Crippen LogP contribution is 2.21. The number of thioether (sulfide) groups is 1. The van der Waals surface area contributed by atoms with Crippen molar-refractivity contribution in [1.29, 1.82) is 0 Å². The first kappa shape index (κ1) is 18.4. The summed E-state index contributed by atoms with van der Waals surface area (Å²) in [5.74, 6) is -0.637. The fourth-order valence-corrected chi connectivity index (χ4v) is 3.37. The van der Waals surface area contributed by atoms with Gasteiger partial charge in [0.1, 0.15) is 5.69 Å². The normalized spacial score (nSPS) is 10.4. The highest BCUT2D eigenvalue weighted by Gasteiger charge is 2.14. The average Bonchev–Trinajstić information content (AvgIpc) is 3.11. The number of benzene rings is 2. The van der Waals surface area contributed by atoms with E-state index in [1.807, 2.05) is 30.5 Å². The smallest absolute Gasteiger partial charge is 0.275 e. The highest BCUT2D eigenvalue weighted by molar-refractivity contribution is 7.98. The largest absolute Gasteiger partial charge is 0.321 e. The van der Waals surface area contributed by atoms with Gasteiger partial charge < -0.3 is 5.32 Å². The first-order valence-electron chi connectivity index (χ1n) is 7.53. The van der Waals surface area contributed by atoms with E-state index in [9.17, 15) is 9.59 Å². The molecule has 0 unspecified atom stereocenters. The monoisotopic (exact) mass is 403 g/mol. The number of carbonyl (C=O) groups excluding carboxylic acids is 2. The van der Waals surface area contributed by atoms with Crippen molar-refractivity contribution >= 4 is 57.3 Å². The van der Waals surface area contributed by atoms with Gasteiger partial charge >= 0.3 is 0 Å². The molecule has 3 rings (SSSR count). The molecule has 8 heteroatoms. The number of anilines is 2. The van der Waals surface area contributed by atoms with Crippen molar-refractivity contribution in [2.24, 2.45) is 0 Å². The Morgan fingerprint density at radius 2 is 1.85 bits per heavy atom. The van der Waals surface area contributed by atoms with Gasteiger partial charge in [0.05, 0.1) is 0 Å². The van der Waals surface area contributed by atoms with Crippen LogP contribution in [0.4, 0.5) is 10.8 Å². The zero-order valence-electron chi connectivity index (χ0n) is 13.7. The molecule has 0 radical (unpaired) electrons. The summed E-state index contributed by atoms with van der Waals surface area (Å²) < 4.78 is 0. The van der Waals surface area contributed by atoms with Crippen molar-refractivity contribution in [1.82, 2.24) is 4.98 Å². The van der Waals surface area contributed by atoms with Crippen molar-refractivity contribution < 1.29 is 9.59 Å². The maximum atomic E-state index is 12.3. The summed E-state index contributed by atoms with van der Waals surface area (Å²) in [5, 5.41) is 7.99. The number of hydrogen-bond acceptors (Lipinski definition) is 5. The number of aromatic nitrogens is 1. The van der Waals surface area contributed by atoms with Crippen LogP contribution in [-0.2, 0) is 0 Å². The van der Waals surface area contributed by atoms with Crippen LogP contribution >= 0.6 is 34.7 Å². The molecule has 2 amide bonds. The van der Waals surface area contributed by atoms with Crippen LogP contribution in [0.3, 0.4) is 0 Å². The van der Waals surface area contributed by atoms with E-state index in [0.29, 0.717) is 21.4 Å². The lowest BCUT2D eigenvalue weighted by atomic mass is 10.2. The zero-order valence-corrected chi connectivity index (χ0v) is 16.0. The van der Waals surface area contributed by atoms with Crippen LogP contribution in [0.5, 0.6) is 0 Å². The molecule has 0 fully saturated rings. The maximum Gasteiger partial charge on any atom is 0.275 e. The van der Waals surface area contributed by atoms with Gasteiger partial charge in [0.2, 0.25) is 0 Å². The molecule has 0 aliphatic rings. The lowest BCUT2D eigenvalue weighted by molar-refractivity contribution is 0.101. The molecule has 5 nitrogen and oxygen atoms in total. The van der Waals surface area contributed by atoms with Gasteiger partial charge in [-0.1, -0.05) is 17.7 Å². The van der Waals surface area contributed by atoms with Crippen molar-refractivity contribution in [2.45, 2.75) is 4.90 Å². The highest BCUT2D eigenvalue weighted by atomic mass is 35.5. The molecule has 0 aliphatic heterocycles. The summed E-state index contributed by atoms with van der Waals surface area (Å²) in [6.07, 6.45) is 1.97. The van der Waals surface area contributed by atoms with Crippen LogP contribution in [0, 0.1) is 0 Å². The van der Waals surface area contributed by atoms with Crippen LogP contribution < -0.4 is 10.6 Å². The molecule has 1 heterocycles. The van der Waals surface area contributed by atoms with Gasteiger partial charge in [-0.25, -0.2) is 4.98 Å². The lowest BCUT2D eigenvalue weighted by Crippen LogP contribution is -2.14. The molecule has 0 saturated heterocycles. The number of amides is 2. The second kappa shape index (κ2) is 8.35. The standard InChI is InChI=1S/C18H14ClN3O2S2/c1-25-14-4-2-3-13(9-14)20-17(24)15-10-26-18(21-15)22-16(23)11-5-7-12(19)8-6-11/h2-10H,1H3,(H,20,24)(H,21,22,23). The predicted molar refractivity (Wildman–Crippen MR) is 108 cm³/mol. The number of rotatable bonds is 5. The molecule has 3 aromatic rings. The van der Waals surface area contributed by atoms with Crippen LogP contribution in [0.25, 0.3) is 0 Å². The predicted octanol–water partition coefficient (Wildman–Crippen LogP) is 5.02. The molecule has 2 N–H and O–H groups in total. The van der Waals surface area contributed by atoms with Crippen molar-refractivity contribution in [3.05, 3.63) is 70.2 Å². The number of carbonyl (C=O) groups is 2. The van der Waals surface area contributed by atoms with Crippen LogP contribution in [0.1, 0.15) is 20.8 Å². The Balaban J connectivity index is 1.65. The summed E-state index contributed by atoms with van der Waals surface area (Å²) in [6, 6.07) is 14.1. The second-order valence-corrected chi connectivity index (χ2v) is 7.36. The van der Waals surface area contributed by atoms with Crippen molar-refractivity contribution in [3.8, 4) is 0 Å². The first-order valence-corrected chi connectivity index (χ1v) is 10.0. The molecule has 26 heavy (non-hydrogen) atoms. The van der Waals surface area contributed by atoms with Gasteiger partial charge in [-0.15, -0.1) is 23.1 Å². The van der Waals surface area contributed by atoms with Crippen molar-refractivity contribution in [2.75, 3.05) is 16.9 Å². The molecule has 0 bridgehead atoms. The maximum absolute atomic E-state index is 12.3. The van der Waals surface area contributed by atoms with Gasteiger partial charge in [-0.2, -0.15) is 0 Å². The Morgan fingerprint density at radius 3 is 2.58 bits per heavy atom. The van der Waals surface area contributed by atoms with E-state index >= 15 is 0 Å². The summed E-state index contributed by atoms with van der Waals surface area (Å²) in [5.41, 5.74) is 1.40. The van der Waals surface area contributed by atoms with Gasteiger partial charge in [0, 0.05) is 26.5 Å². The third-order valence-corrected chi connectivity index (χ3v) is 5.13. The summed E-state index contributed by atoms with van der Waals surface area (Å²) in [4.78, 5) is 29.7. The number of hydrogen-bond donors (Lipinski definition) is 2. The molecule has 0 atom stereocenters. The third kappa shape index (κ3) is 4.63. The van der Waals surface area contributed by atoms with Gasteiger partial charge in [-0.3, -0.25) is 14.9 Å². The van der Waals surface area contributed by atoms with E-state index in [2.05, 4.69) is 15.6 Å². The van der Waals surface area contributed by atoms with Gasteiger partial charge in [0.15, 0.2) is 5.13 Å². The van der Waals surface area contributed by atoms with Crippen LogP contribution in [0.2, 0.25) is 5.02 Å². The quantitative estimate of drug-likeness (QED) is 0.586. The Morgan fingerprint density at radius 1 is 1.08 bits per heavy atom.